The van der Waals surface area contributed by atoms with E-state index >= 15 is 0 Å². The highest BCUT2D eigenvalue weighted by molar-refractivity contribution is 5.93. The molecule has 0 bridgehead atoms. The van der Waals surface area contributed by atoms with Crippen LogP contribution in [0.2, 0.25) is 0 Å². The summed E-state index contributed by atoms with van der Waals surface area (Å²) in [5.74, 6) is 5.90. The van der Waals surface area contributed by atoms with E-state index in [9.17, 15) is 4.79 Å². The van der Waals surface area contributed by atoms with Crippen molar-refractivity contribution in [3.05, 3.63) is 77.6 Å². The lowest BCUT2D eigenvalue weighted by atomic mass is 10.1. The normalized spacial score (nSPS) is 10.4. The molecule has 0 saturated heterocycles. The SMILES string of the molecule is CCOC(=O)/C(C#Cc1ccc(C)cc1)=C\Oc1ccccc1. The van der Waals surface area contributed by atoms with Gasteiger partial charge in [0.05, 0.1) is 6.61 Å². The minimum absolute atomic E-state index is 0.177. The first kappa shape index (κ1) is 16.4. The van der Waals surface area contributed by atoms with Gasteiger partial charge in [0.2, 0.25) is 0 Å². The number of carbonyl (C=O) groups excluding carboxylic acids is 1. The first-order valence-electron chi connectivity index (χ1n) is 7.36. The molecule has 0 unspecified atom stereocenters. The van der Waals surface area contributed by atoms with Gasteiger partial charge < -0.3 is 9.47 Å². The highest BCUT2D eigenvalue weighted by Gasteiger charge is 2.08. The van der Waals surface area contributed by atoms with Crippen LogP contribution in [0.25, 0.3) is 0 Å². The van der Waals surface area contributed by atoms with E-state index in [0.29, 0.717) is 5.75 Å². The van der Waals surface area contributed by atoms with Gasteiger partial charge in [-0.15, -0.1) is 0 Å². The van der Waals surface area contributed by atoms with Crippen LogP contribution >= 0.6 is 0 Å². The summed E-state index contributed by atoms with van der Waals surface area (Å²) in [5, 5.41) is 0. The Hall–Kier alpha value is -2.99. The van der Waals surface area contributed by atoms with E-state index in [4.69, 9.17) is 9.47 Å². The van der Waals surface area contributed by atoms with Gasteiger partial charge in [-0.05, 0) is 38.1 Å². The first-order valence-corrected chi connectivity index (χ1v) is 7.36. The molecule has 0 saturated carbocycles. The van der Waals surface area contributed by atoms with E-state index in [-0.39, 0.29) is 12.2 Å². The van der Waals surface area contributed by atoms with E-state index in [0.717, 1.165) is 11.1 Å². The fraction of sp³-hybridized carbons (Fsp3) is 0.150. The predicted octanol–water partition coefficient (Wildman–Crippen LogP) is 3.87. The van der Waals surface area contributed by atoms with Gasteiger partial charge in [0.1, 0.15) is 17.6 Å². The van der Waals surface area contributed by atoms with Crippen LogP contribution in [0.1, 0.15) is 18.1 Å². The number of benzene rings is 2. The van der Waals surface area contributed by atoms with E-state index < -0.39 is 5.97 Å². The minimum atomic E-state index is -0.497. The molecule has 0 N–H and O–H groups in total. The van der Waals surface area contributed by atoms with E-state index in [1.807, 2.05) is 49.4 Å². The van der Waals surface area contributed by atoms with Crippen LogP contribution in [-0.2, 0) is 9.53 Å². The molecule has 0 fully saturated rings. The summed E-state index contributed by atoms with van der Waals surface area (Å²) in [7, 11) is 0. The summed E-state index contributed by atoms with van der Waals surface area (Å²) < 4.78 is 10.5. The maximum Gasteiger partial charge on any atom is 0.349 e. The van der Waals surface area contributed by atoms with Crippen molar-refractivity contribution in [3.63, 3.8) is 0 Å². The lowest BCUT2D eigenvalue weighted by molar-refractivity contribution is -0.138. The monoisotopic (exact) mass is 306 g/mol. The van der Waals surface area contributed by atoms with Gasteiger partial charge in [-0.1, -0.05) is 47.7 Å². The molecular weight excluding hydrogens is 288 g/mol. The summed E-state index contributed by atoms with van der Waals surface area (Å²) in [6.07, 6.45) is 1.33. The van der Waals surface area contributed by atoms with Crippen molar-refractivity contribution in [3.8, 4) is 17.6 Å². The molecule has 2 aromatic rings. The zero-order valence-electron chi connectivity index (χ0n) is 13.2. The van der Waals surface area contributed by atoms with Gasteiger partial charge in [0.15, 0.2) is 0 Å². The average Bonchev–Trinajstić information content (AvgIpc) is 2.57. The van der Waals surface area contributed by atoms with Crippen molar-refractivity contribution in [2.45, 2.75) is 13.8 Å². The Bertz CT molecular complexity index is 732. The number of para-hydroxylation sites is 1. The molecule has 116 valence electrons. The number of rotatable bonds is 4. The highest BCUT2D eigenvalue weighted by atomic mass is 16.5. The molecule has 0 aromatic heterocycles. The van der Waals surface area contributed by atoms with Gasteiger partial charge in [-0.3, -0.25) is 0 Å². The standard InChI is InChI=1S/C20H18O3/c1-3-22-20(21)18(15-23-19-7-5-4-6-8-19)14-13-17-11-9-16(2)10-12-17/h4-12,15H,3H2,1-2H3/b18-15-. The van der Waals surface area contributed by atoms with Gasteiger partial charge >= 0.3 is 5.97 Å². The van der Waals surface area contributed by atoms with E-state index in [1.165, 1.54) is 6.26 Å². The van der Waals surface area contributed by atoms with Crippen molar-refractivity contribution in [1.82, 2.24) is 0 Å². The largest absolute Gasteiger partial charge is 0.463 e. The maximum atomic E-state index is 12.0. The number of ether oxygens (including phenoxy) is 2. The Kier molecular flexibility index (Phi) is 6.02. The second-order valence-electron chi connectivity index (χ2n) is 4.80. The second kappa shape index (κ2) is 8.45. The third kappa shape index (κ3) is 5.37. The lowest BCUT2D eigenvalue weighted by Crippen LogP contribution is -2.07. The first-order chi connectivity index (χ1) is 11.2. The Labute approximate surface area is 136 Å². The topological polar surface area (TPSA) is 35.5 Å². The summed E-state index contributed by atoms with van der Waals surface area (Å²) in [6.45, 7) is 4.05. The summed E-state index contributed by atoms with van der Waals surface area (Å²) in [5.41, 5.74) is 2.16. The van der Waals surface area contributed by atoms with Crippen molar-refractivity contribution < 1.29 is 14.3 Å². The molecule has 0 aliphatic rings. The zero-order chi connectivity index (χ0) is 16.5. The van der Waals surface area contributed by atoms with Gasteiger partial charge in [0, 0.05) is 5.56 Å². The number of esters is 1. The molecule has 2 aromatic carbocycles. The summed E-state index contributed by atoms with van der Waals surface area (Å²) >= 11 is 0. The van der Waals surface area contributed by atoms with Crippen LogP contribution in [0.3, 0.4) is 0 Å². The van der Waals surface area contributed by atoms with Crippen molar-refractivity contribution >= 4 is 5.97 Å². The van der Waals surface area contributed by atoms with Crippen LogP contribution in [0.4, 0.5) is 0 Å². The molecule has 0 radical (unpaired) electrons. The predicted molar refractivity (Wildman–Crippen MR) is 89.8 cm³/mol. The smallest absolute Gasteiger partial charge is 0.349 e. The molecule has 0 aliphatic carbocycles. The minimum Gasteiger partial charge on any atom is -0.463 e. The Balaban J connectivity index is 2.20. The Morgan fingerprint density at radius 3 is 2.43 bits per heavy atom. The van der Waals surface area contributed by atoms with Crippen LogP contribution < -0.4 is 4.74 Å². The third-order valence-corrected chi connectivity index (χ3v) is 2.94. The molecule has 23 heavy (non-hydrogen) atoms. The van der Waals surface area contributed by atoms with Crippen LogP contribution in [0, 0.1) is 18.8 Å². The average molecular weight is 306 g/mol. The third-order valence-electron chi connectivity index (χ3n) is 2.94. The van der Waals surface area contributed by atoms with Gasteiger partial charge in [0.25, 0.3) is 0 Å². The molecule has 0 atom stereocenters. The molecule has 0 aliphatic heterocycles. The van der Waals surface area contributed by atoms with Gasteiger partial charge in [-0.2, -0.15) is 0 Å². The molecule has 3 heteroatoms. The summed E-state index contributed by atoms with van der Waals surface area (Å²) in [6, 6.07) is 16.9. The van der Waals surface area contributed by atoms with Gasteiger partial charge in [-0.25, -0.2) is 4.79 Å². The molecular formula is C20H18O3. The van der Waals surface area contributed by atoms with Crippen LogP contribution in [0.5, 0.6) is 5.75 Å². The maximum absolute atomic E-state index is 12.0. The lowest BCUT2D eigenvalue weighted by Gasteiger charge is -2.02. The molecule has 0 amide bonds. The zero-order valence-corrected chi connectivity index (χ0v) is 13.2. The van der Waals surface area contributed by atoms with Crippen molar-refractivity contribution in [1.29, 1.82) is 0 Å². The van der Waals surface area contributed by atoms with Crippen molar-refractivity contribution in [2.24, 2.45) is 0 Å². The Morgan fingerprint density at radius 1 is 1.09 bits per heavy atom. The Morgan fingerprint density at radius 2 is 1.78 bits per heavy atom. The number of aryl methyl sites for hydroxylation is 1. The van der Waals surface area contributed by atoms with E-state index in [2.05, 4.69) is 11.8 Å². The molecule has 2 rings (SSSR count). The number of hydrogen-bond acceptors (Lipinski definition) is 3. The fourth-order valence-corrected chi connectivity index (χ4v) is 1.74. The van der Waals surface area contributed by atoms with Crippen molar-refractivity contribution in [2.75, 3.05) is 6.61 Å². The highest BCUT2D eigenvalue weighted by Crippen LogP contribution is 2.10. The van der Waals surface area contributed by atoms with E-state index in [1.54, 1.807) is 19.1 Å². The van der Waals surface area contributed by atoms with Crippen LogP contribution in [0.15, 0.2) is 66.4 Å². The second-order valence-corrected chi connectivity index (χ2v) is 4.80. The number of carbonyl (C=O) groups is 1. The number of hydrogen-bond donors (Lipinski definition) is 0. The molecule has 0 spiro atoms. The summed E-state index contributed by atoms with van der Waals surface area (Å²) in [4.78, 5) is 12.0. The molecule has 0 heterocycles. The van der Waals surface area contributed by atoms with Crippen LogP contribution in [-0.4, -0.2) is 12.6 Å². The fourth-order valence-electron chi connectivity index (χ4n) is 1.74. The quantitative estimate of drug-likeness (QED) is 0.372. The molecule has 3 nitrogen and oxygen atoms in total.